The van der Waals surface area contributed by atoms with E-state index >= 15 is 0 Å². The van der Waals surface area contributed by atoms with Gasteiger partial charge >= 0.3 is 0 Å². The van der Waals surface area contributed by atoms with Crippen molar-refractivity contribution in [3.8, 4) is 0 Å². The molecule has 0 radical (unpaired) electrons. The summed E-state index contributed by atoms with van der Waals surface area (Å²) in [4.78, 5) is 14.4. The van der Waals surface area contributed by atoms with Crippen molar-refractivity contribution < 1.29 is 0 Å². The Bertz CT molecular complexity index is 535. The quantitative estimate of drug-likeness (QED) is 0.819. The summed E-state index contributed by atoms with van der Waals surface area (Å²) in [6.07, 6.45) is 5.75. The molecule has 116 valence electrons. The summed E-state index contributed by atoms with van der Waals surface area (Å²) in [6.45, 7) is 10.3. The molecule has 0 atom stereocenters. The molecule has 1 aliphatic rings. The zero-order valence-electron chi connectivity index (χ0n) is 12.5. The third-order valence-corrected chi connectivity index (χ3v) is 4.27. The molecular weight excluding hydrogens is 288 g/mol. The highest BCUT2D eigenvalue weighted by molar-refractivity contribution is 6.32. The molecule has 0 spiro atoms. The third kappa shape index (κ3) is 4.32. The Hall–Kier alpha value is -1.33. The van der Waals surface area contributed by atoms with Crippen LogP contribution in [0.4, 0.5) is 5.69 Å². The minimum Gasteiger partial charge on any atom is -0.381 e. The number of allylic oxidation sites excluding steroid dienone is 1. The van der Waals surface area contributed by atoms with Crippen LogP contribution in [0, 0.1) is 5.92 Å². The van der Waals surface area contributed by atoms with Gasteiger partial charge in [0.25, 0.3) is 5.56 Å². The summed E-state index contributed by atoms with van der Waals surface area (Å²) in [7, 11) is 0. The van der Waals surface area contributed by atoms with E-state index < -0.39 is 0 Å². The van der Waals surface area contributed by atoms with Crippen molar-refractivity contribution in [2.75, 3.05) is 31.5 Å². The number of likely N-dealkylation sites (tertiary alicyclic amines) is 1. The molecule has 6 heteroatoms. The number of nitrogens with one attached hydrogen (secondary N) is 1. The van der Waals surface area contributed by atoms with Gasteiger partial charge in [-0.25, -0.2) is 4.68 Å². The highest BCUT2D eigenvalue weighted by Gasteiger charge is 2.15. The number of hydrogen-bond donors (Lipinski definition) is 1. The molecule has 5 nitrogen and oxygen atoms in total. The van der Waals surface area contributed by atoms with Crippen LogP contribution >= 0.6 is 11.6 Å². The average molecular weight is 311 g/mol. The van der Waals surface area contributed by atoms with Crippen molar-refractivity contribution in [1.29, 1.82) is 0 Å². The Labute approximate surface area is 130 Å². The van der Waals surface area contributed by atoms with E-state index in [1.165, 1.54) is 17.5 Å². The van der Waals surface area contributed by atoms with Crippen LogP contribution in [0.15, 0.2) is 23.6 Å². The van der Waals surface area contributed by atoms with E-state index in [0.29, 0.717) is 12.2 Å². The minimum atomic E-state index is -0.284. The van der Waals surface area contributed by atoms with Crippen molar-refractivity contribution in [2.45, 2.75) is 26.3 Å². The highest BCUT2D eigenvalue weighted by Crippen LogP contribution is 2.17. The van der Waals surface area contributed by atoms with Gasteiger partial charge in [0.15, 0.2) is 0 Å². The van der Waals surface area contributed by atoms with E-state index in [2.05, 4.69) is 28.8 Å². The summed E-state index contributed by atoms with van der Waals surface area (Å²) < 4.78 is 1.30. The molecule has 21 heavy (non-hydrogen) atoms. The van der Waals surface area contributed by atoms with Crippen LogP contribution in [-0.2, 0) is 6.54 Å². The van der Waals surface area contributed by atoms with Crippen LogP contribution in [0.1, 0.15) is 19.8 Å². The van der Waals surface area contributed by atoms with Gasteiger partial charge in [-0.3, -0.25) is 4.79 Å². The zero-order chi connectivity index (χ0) is 15.2. The first-order valence-corrected chi connectivity index (χ1v) is 7.82. The first kappa shape index (κ1) is 16.0. The van der Waals surface area contributed by atoms with Gasteiger partial charge in [0.05, 0.1) is 18.4 Å². The van der Waals surface area contributed by atoms with Gasteiger partial charge in [-0.2, -0.15) is 5.10 Å². The molecule has 0 bridgehead atoms. The topological polar surface area (TPSA) is 50.2 Å². The number of rotatable bonds is 6. The van der Waals surface area contributed by atoms with Crippen LogP contribution in [0.5, 0.6) is 0 Å². The molecule has 2 rings (SSSR count). The molecule has 1 fully saturated rings. The molecular formula is C15H23ClN4O. The second kappa shape index (κ2) is 7.61. The SMILES string of the molecule is C=CCn1ncc(NCCN2CCC(C)CC2)c(Cl)c1=O. The lowest BCUT2D eigenvalue weighted by Gasteiger charge is -2.30. The summed E-state index contributed by atoms with van der Waals surface area (Å²) in [5.74, 6) is 0.838. The van der Waals surface area contributed by atoms with Crippen LogP contribution in [0.3, 0.4) is 0 Å². The summed E-state index contributed by atoms with van der Waals surface area (Å²) in [5, 5.41) is 7.48. The molecule has 1 N–H and O–H groups in total. The summed E-state index contributed by atoms with van der Waals surface area (Å²) in [5.41, 5.74) is 0.320. The van der Waals surface area contributed by atoms with Crippen LogP contribution in [0.2, 0.25) is 5.02 Å². The smallest absolute Gasteiger partial charge is 0.287 e. The van der Waals surface area contributed by atoms with E-state index in [-0.39, 0.29) is 10.6 Å². The Morgan fingerprint density at radius 3 is 2.90 bits per heavy atom. The highest BCUT2D eigenvalue weighted by atomic mass is 35.5. The average Bonchev–Trinajstić information content (AvgIpc) is 2.48. The molecule has 0 aliphatic carbocycles. The van der Waals surface area contributed by atoms with E-state index in [0.717, 1.165) is 32.1 Å². The number of halogens is 1. The minimum absolute atomic E-state index is 0.194. The Kier molecular flexibility index (Phi) is 5.82. The monoisotopic (exact) mass is 310 g/mol. The fourth-order valence-corrected chi connectivity index (χ4v) is 2.69. The lowest BCUT2D eigenvalue weighted by atomic mass is 9.99. The Balaban J connectivity index is 1.87. The molecule has 1 saturated heterocycles. The predicted molar refractivity (Wildman–Crippen MR) is 87.0 cm³/mol. The van der Waals surface area contributed by atoms with E-state index in [1.807, 2.05) is 0 Å². The second-order valence-electron chi connectivity index (χ2n) is 5.60. The number of aromatic nitrogens is 2. The molecule has 0 amide bonds. The normalized spacial score (nSPS) is 16.9. The number of anilines is 1. The maximum absolute atomic E-state index is 12.0. The van der Waals surface area contributed by atoms with Crippen molar-refractivity contribution in [1.82, 2.24) is 14.7 Å². The largest absolute Gasteiger partial charge is 0.381 e. The predicted octanol–water partition coefficient (Wildman–Crippen LogP) is 2.23. The van der Waals surface area contributed by atoms with Crippen LogP contribution in [-0.4, -0.2) is 40.9 Å². The van der Waals surface area contributed by atoms with E-state index in [1.54, 1.807) is 12.3 Å². The maximum atomic E-state index is 12.0. The van der Waals surface area contributed by atoms with Gasteiger partial charge in [-0.1, -0.05) is 24.6 Å². The van der Waals surface area contributed by atoms with Gasteiger partial charge in [0.2, 0.25) is 0 Å². The number of hydrogen-bond acceptors (Lipinski definition) is 4. The second-order valence-corrected chi connectivity index (χ2v) is 5.98. The zero-order valence-corrected chi connectivity index (χ0v) is 13.3. The molecule has 0 saturated carbocycles. The first-order chi connectivity index (χ1) is 10.1. The first-order valence-electron chi connectivity index (χ1n) is 7.44. The number of nitrogens with zero attached hydrogens (tertiary/aromatic N) is 3. The fourth-order valence-electron chi connectivity index (χ4n) is 2.47. The molecule has 1 aromatic rings. The maximum Gasteiger partial charge on any atom is 0.287 e. The van der Waals surface area contributed by atoms with Crippen LogP contribution < -0.4 is 10.9 Å². The lowest BCUT2D eigenvalue weighted by Crippen LogP contribution is -2.36. The summed E-state index contributed by atoms with van der Waals surface area (Å²) >= 11 is 6.09. The molecule has 1 aromatic heterocycles. The molecule has 2 heterocycles. The van der Waals surface area contributed by atoms with Crippen molar-refractivity contribution in [2.24, 2.45) is 5.92 Å². The van der Waals surface area contributed by atoms with Crippen molar-refractivity contribution in [3.63, 3.8) is 0 Å². The van der Waals surface area contributed by atoms with Crippen LogP contribution in [0.25, 0.3) is 0 Å². The van der Waals surface area contributed by atoms with Crippen molar-refractivity contribution in [3.05, 3.63) is 34.2 Å². The van der Waals surface area contributed by atoms with Gasteiger partial charge in [-0.05, 0) is 31.8 Å². The summed E-state index contributed by atoms with van der Waals surface area (Å²) in [6, 6.07) is 0. The van der Waals surface area contributed by atoms with Gasteiger partial charge in [-0.15, -0.1) is 6.58 Å². The Morgan fingerprint density at radius 1 is 1.52 bits per heavy atom. The number of piperidine rings is 1. The van der Waals surface area contributed by atoms with Gasteiger partial charge < -0.3 is 10.2 Å². The molecule has 1 aliphatic heterocycles. The van der Waals surface area contributed by atoms with Gasteiger partial charge in [0, 0.05) is 13.1 Å². The van der Waals surface area contributed by atoms with E-state index in [4.69, 9.17) is 11.6 Å². The third-order valence-electron chi connectivity index (χ3n) is 3.91. The molecule has 0 unspecified atom stereocenters. The van der Waals surface area contributed by atoms with E-state index in [9.17, 15) is 4.79 Å². The fraction of sp³-hybridized carbons (Fsp3) is 0.600. The Morgan fingerprint density at radius 2 is 2.24 bits per heavy atom. The molecule has 0 aromatic carbocycles. The van der Waals surface area contributed by atoms with Crippen molar-refractivity contribution >= 4 is 17.3 Å². The lowest BCUT2D eigenvalue weighted by molar-refractivity contribution is 0.199. The van der Waals surface area contributed by atoms with Gasteiger partial charge in [0.1, 0.15) is 5.02 Å². The standard InChI is InChI=1S/C15H23ClN4O/c1-3-7-20-15(21)14(16)13(11-18-20)17-6-10-19-8-4-12(2)5-9-19/h3,11-12,17H,1,4-10H2,2H3.